The zero-order chi connectivity index (χ0) is 10.5. The van der Waals surface area contributed by atoms with E-state index < -0.39 is 0 Å². The lowest BCUT2D eigenvalue weighted by Crippen LogP contribution is -2.37. The molecule has 0 radical (unpaired) electrons. The Balaban J connectivity index is 2.05. The van der Waals surface area contributed by atoms with E-state index in [0.29, 0.717) is 0 Å². The van der Waals surface area contributed by atoms with Crippen LogP contribution in [0.3, 0.4) is 0 Å². The third-order valence-corrected chi connectivity index (χ3v) is 3.44. The molecule has 0 bridgehead atoms. The van der Waals surface area contributed by atoms with Crippen LogP contribution in [0.5, 0.6) is 11.5 Å². The Morgan fingerprint density at radius 1 is 1.40 bits per heavy atom. The fourth-order valence-corrected chi connectivity index (χ4v) is 2.67. The molecule has 1 aromatic carbocycles. The van der Waals surface area contributed by atoms with E-state index in [1.165, 1.54) is 11.1 Å². The minimum atomic E-state index is 0.209. The summed E-state index contributed by atoms with van der Waals surface area (Å²) in [7, 11) is 1.70. The van der Waals surface area contributed by atoms with E-state index in [1.54, 1.807) is 7.11 Å². The Kier molecular flexibility index (Phi) is 1.64. The average Bonchev–Trinajstić information content (AvgIpc) is 2.57. The van der Waals surface area contributed by atoms with Gasteiger partial charge >= 0.3 is 0 Å². The highest BCUT2D eigenvalue weighted by Crippen LogP contribution is 2.54. The number of hydrogen-bond acceptors (Lipinski definition) is 2. The maximum atomic E-state index is 5.71. The molecule has 3 rings (SSSR count). The molecule has 2 heteroatoms. The Bertz CT molecular complexity index is 426. The number of rotatable bonds is 1. The predicted molar refractivity (Wildman–Crippen MR) is 58.5 cm³/mol. The van der Waals surface area contributed by atoms with Crippen LogP contribution in [-0.2, 0) is 5.41 Å². The standard InChI is InChI=1S/C13H14O2/c1-9-6-13(7-9)8-15-12-4-3-10(14-2)5-11(12)13/h3-5H,1,6-8H2,2H3. The molecule has 1 spiro atoms. The zero-order valence-corrected chi connectivity index (χ0v) is 8.88. The molecular weight excluding hydrogens is 188 g/mol. The Hall–Kier alpha value is -1.44. The maximum absolute atomic E-state index is 5.71. The van der Waals surface area contributed by atoms with Crippen LogP contribution >= 0.6 is 0 Å². The van der Waals surface area contributed by atoms with Gasteiger partial charge in [0.2, 0.25) is 0 Å². The number of ether oxygens (including phenoxy) is 2. The molecule has 1 heterocycles. The van der Waals surface area contributed by atoms with Crippen molar-refractivity contribution >= 4 is 0 Å². The molecule has 0 atom stereocenters. The number of allylic oxidation sites excluding steroid dienone is 1. The van der Waals surface area contributed by atoms with Gasteiger partial charge in [-0.25, -0.2) is 0 Å². The highest BCUT2D eigenvalue weighted by atomic mass is 16.5. The van der Waals surface area contributed by atoms with Crippen LogP contribution in [0.15, 0.2) is 30.4 Å². The quantitative estimate of drug-likeness (QED) is 0.652. The van der Waals surface area contributed by atoms with E-state index in [2.05, 4.69) is 12.6 Å². The molecule has 0 aromatic heterocycles. The summed E-state index contributed by atoms with van der Waals surface area (Å²) in [6, 6.07) is 6.06. The van der Waals surface area contributed by atoms with Crippen molar-refractivity contribution in [3.05, 3.63) is 35.9 Å². The molecule has 1 saturated carbocycles. The lowest BCUT2D eigenvalue weighted by atomic mass is 9.63. The maximum Gasteiger partial charge on any atom is 0.123 e. The topological polar surface area (TPSA) is 18.5 Å². The first kappa shape index (κ1) is 8.84. The number of fused-ring (bicyclic) bond motifs is 2. The summed E-state index contributed by atoms with van der Waals surface area (Å²) in [4.78, 5) is 0. The van der Waals surface area contributed by atoms with Gasteiger partial charge in [0.1, 0.15) is 11.5 Å². The van der Waals surface area contributed by atoms with E-state index in [9.17, 15) is 0 Å². The molecule has 2 nitrogen and oxygen atoms in total. The highest BCUT2D eigenvalue weighted by molar-refractivity contribution is 5.51. The first-order valence-electron chi connectivity index (χ1n) is 5.21. The zero-order valence-electron chi connectivity index (χ0n) is 8.88. The summed E-state index contributed by atoms with van der Waals surface area (Å²) in [5.41, 5.74) is 2.84. The normalized spacial score (nSPS) is 20.7. The first-order valence-corrected chi connectivity index (χ1v) is 5.21. The Morgan fingerprint density at radius 2 is 2.20 bits per heavy atom. The molecule has 1 aliphatic heterocycles. The highest BCUT2D eigenvalue weighted by Gasteiger charge is 2.47. The number of methoxy groups -OCH3 is 1. The van der Waals surface area contributed by atoms with Crippen molar-refractivity contribution in [1.29, 1.82) is 0 Å². The van der Waals surface area contributed by atoms with Crippen LogP contribution in [0.1, 0.15) is 18.4 Å². The van der Waals surface area contributed by atoms with Crippen molar-refractivity contribution < 1.29 is 9.47 Å². The van der Waals surface area contributed by atoms with Crippen LogP contribution in [0.25, 0.3) is 0 Å². The summed E-state index contributed by atoms with van der Waals surface area (Å²) in [5, 5.41) is 0. The summed E-state index contributed by atoms with van der Waals surface area (Å²) in [6.07, 6.45) is 2.13. The average molecular weight is 202 g/mol. The predicted octanol–water partition coefficient (Wildman–Crippen LogP) is 2.68. The van der Waals surface area contributed by atoms with Crippen molar-refractivity contribution in [3.8, 4) is 11.5 Å². The van der Waals surface area contributed by atoms with E-state index in [-0.39, 0.29) is 5.41 Å². The first-order chi connectivity index (χ1) is 7.23. The van der Waals surface area contributed by atoms with Crippen molar-refractivity contribution in [2.24, 2.45) is 0 Å². The fourth-order valence-electron chi connectivity index (χ4n) is 2.67. The van der Waals surface area contributed by atoms with Crippen molar-refractivity contribution in [2.75, 3.05) is 13.7 Å². The molecule has 1 fully saturated rings. The second-order valence-corrected chi connectivity index (χ2v) is 4.53. The van der Waals surface area contributed by atoms with Crippen LogP contribution in [0, 0.1) is 0 Å². The summed E-state index contributed by atoms with van der Waals surface area (Å²) < 4.78 is 11.0. The van der Waals surface area contributed by atoms with E-state index >= 15 is 0 Å². The Morgan fingerprint density at radius 3 is 2.87 bits per heavy atom. The largest absolute Gasteiger partial charge is 0.497 e. The van der Waals surface area contributed by atoms with Gasteiger partial charge < -0.3 is 9.47 Å². The van der Waals surface area contributed by atoms with Crippen LogP contribution < -0.4 is 9.47 Å². The molecule has 0 N–H and O–H groups in total. The third-order valence-electron chi connectivity index (χ3n) is 3.44. The summed E-state index contributed by atoms with van der Waals surface area (Å²) in [6.45, 7) is 4.81. The second-order valence-electron chi connectivity index (χ2n) is 4.53. The third kappa shape index (κ3) is 1.11. The molecule has 0 saturated heterocycles. The van der Waals surface area contributed by atoms with Crippen molar-refractivity contribution in [1.82, 2.24) is 0 Å². The van der Waals surface area contributed by atoms with Crippen LogP contribution in [0.4, 0.5) is 0 Å². The van der Waals surface area contributed by atoms with Gasteiger partial charge in [0.15, 0.2) is 0 Å². The lowest BCUT2D eigenvalue weighted by Gasteiger charge is -2.39. The SMILES string of the molecule is C=C1CC2(COc3ccc(OC)cc32)C1. The molecule has 0 unspecified atom stereocenters. The molecule has 2 aliphatic rings. The molecule has 78 valence electrons. The lowest BCUT2D eigenvalue weighted by molar-refractivity contribution is 0.225. The molecule has 15 heavy (non-hydrogen) atoms. The molecular formula is C13H14O2. The smallest absolute Gasteiger partial charge is 0.123 e. The minimum Gasteiger partial charge on any atom is -0.497 e. The van der Waals surface area contributed by atoms with Gasteiger partial charge in [-0.2, -0.15) is 0 Å². The monoisotopic (exact) mass is 202 g/mol. The molecule has 0 amide bonds. The number of benzene rings is 1. The van der Waals surface area contributed by atoms with Gasteiger partial charge in [0.25, 0.3) is 0 Å². The van der Waals surface area contributed by atoms with Gasteiger partial charge in [0, 0.05) is 11.0 Å². The van der Waals surface area contributed by atoms with Gasteiger partial charge in [-0.1, -0.05) is 12.2 Å². The van der Waals surface area contributed by atoms with Crippen LogP contribution in [0.2, 0.25) is 0 Å². The Labute approximate surface area is 89.5 Å². The van der Waals surface area contributed by atoms with Crippen molar-refractivity contribution in [2.45, 2.75) is 18.3 Å². The summed E-state index contributed by atoms with van der Waals surface area (Å²) >= 11 is 0. The number of hydrogen-bond donors (Lipinski definition) is 0. The van der Waals surface area contributed by atoms with Crippen molar-refractivity contribution in [3.63, 3.8) is 0 Å². The van der Waals surface area contributed by atoms with Gasteiger partial charge in [0.05, 0.1) is 13.7 Å². The molecule has 1 aliphatic carbocycles. The van der Waals surface area contributed by atoms with Gasteiger partial charge in [-0.3, -0.25) is 0 Å². The van der Waals surface area contributed by atoms with Gasteiger partial charge in [-0.05, 0) is 31.0 Å². The van der Waals surface area contributed by atoms with Gasteiger partial charge in [-0.15, -0.1) is 0 Å². The minimum absolute atomic E-state index is 0.209. The summed E-state index contributed by atoms with van der Waals surface area (Å²) in [5.74, 6) is 1.93. The van der Waals surface area contributed by atoms with Crippen LogP contribution in [-0.4, -0.2) is 13.7 Å². The second kappa shape index (κ2) is 2.78. The fraction of sp³-hybridized carbons (Fsp3) is 0.385. The van der Waals surface area contributed by atoms with E-state index in [1.807, 2.05) is 12.1 Å². The van der Waals surface area contributed by atoms with E-state index in [0.717, 1.165) is 30.9 Å². The van der Waals surface area contributed by atoms with E-state index in [4.69, 9.17) is 9.47 Å². The molecule has 1 aromatic rings.